The maximum Gasteiger partial charge on any atom is 0.191 e. The first-order chi connectivity index (χ1) is 14.8. The Bertz CT molecular complexity index is 913. The molecule has 1 saturated heterocycles. The summed E-state index contributed by atoms with van der Waals surface area (Å²) in [4.78, 5) is 11.1. The molecule has 1 unspecified atom stereocenters. The van der Waals surface area contributed by atoms with Gasteiger partial charge in [-0.2, -0.15) is 0 Å². The van der Waals surface area contributed by atoms with E-state index in [0.717, 1.165) is 37.0 Å². The lowest BCUT2D eigenvalue weighted by molar-refractivity contribution is 0.146. The van der Waals surface area contributed by atoms with Crippen molar-refractivity contribution in [3.05, 3.63) is 72.7 Å². The van der Waals surface area contributed by atoms with E-state index in [0.29, 0.717) is 6.54 Å². The SMILES string of the molecule is CN=C(NCc1ccccc1-n1ccnc1)NCC(c1ccco1)N1CCCCC1. The van der Waals surface area contributed by atoms with E-state index in [-0.39, 0.29) is 6.04 Å². The summed E-state index contributed by atoms with van der Waals surface area (Å²) in [5, 5.41) is 6.95. The van der Waals surface area contributed by atoms with E-state index in [4.69, 9.17) is 4.42 Å². The summed E-state index contributed by atoms with van der Waals surface area (Å²) in [5.74, 6) is 1.79. The van der Waals surface area contributed by atoms with Crippen LogP contribution in [-0.4, -0.2) is 47.1 Å². The summed E-state index contributed by atoms with van der Waals surface area (Å²) >= 11 is 0. The average Bonchev–Trinajstić information content (AvgIpc) is 3.52. The van der Waals surface area contributed by atoms with Crippen molar-refractivity contribution in [1.82, 2.24) is 25.1 Å². The lowest BCUT2D eigenvalue weighted by Gasteiger charge is -2.33. The molecule has 1 fully saturated rings. The smallest absolute Gasteiger partial charge is 0.191 e. The molecule has 0 saturated carbocycles. The van der Waals surface area contributed by atoms with Crippen molar-refractivity contribution in [2.24, 2.45) is 4.99 Å². The predicted molar refractivity (Wildman–Crippen MR) is 119 cm³/mol. The molecule has 7 heteroatoms. The number of nitrogens with one attached hydrogen (secondary N) is 2. The number of hydrogen-bond acceptors (Lipinski definition) is 4. The maximum absolute atomic E-state index is 5.75. The Morgan fingerprint density at radius 1 is 1.13 bits per heavy atom. The number of imidazole rings is 1. The van der Waals surface area contributed by atoms with Crippen LogP contribution in [0.25, 0.3) is 5.69 Å². The number of furan rings is 1. The van der Waals surface area contributed by atoms with Gasteiger partial charge in [-0.3, -0.25) is 9.89 Å². The molecule has 0 bridgehead atoms. The number of benzene rings is 1. The molecule has 1 aliphatic heterocycles. The zero-order valence-electron chi connectivity index (χ0n) is 17.5. The van der Waals surface area contributed by atoms with Crippen molar-refractivity contribution < 1.29 is 4.42 Å². The number of aliphatic imine (C=N–C) groups is 1. The maximum atomic E-state index is 5.75. The third kappa shape index (κ3) is 4.91. The summed E-state index contributed by atoms with van der Waals surface area (Å²) in [6.07, 6.45) is 11.1. The number of aromatic nitrogens is 2. The normalized spacial score (nSPS) is 16.4. The van der Waals surface area contributed by atoms with Crippen LogP contribution in [0.1, 0.15) is 36.6 Å². The van der Waals surface area contributed by atoms with Gasteiger partial charge in [0.2, 0.25) is 0 Å². The molecule has 1 aliphatic rings. The molecule has 0 amide bonds. The molecule has 3 heterocycles. The fraction of sp³-hybridized carbons (Fsp3) is 0.391. The standard InChI is InChI=1S/C23H30N6O/c1-24-23(26-16-19-8-3-4-9-20(19)29-14-11-25-18-29)27-17-21(22-10-7-15-30-22)28-12-5-2-6-13-28/h3-4,7-11,14-15,18,21H,2,5-6,12-13,16-17H2,1H3,(H2,24,26,27). The minimum Gasteiger partial charge on any atom is -0.468 e. The lowest BCUT2D eigenvalue weighted by atomic mass is 10.1. The van der Waals surface area contributed by atoms with Crippen LogP contribution < -0.4 is 10.6 Å². The van der Waals surface area contributed by atoms with Crippen LogP contribution in [0.4, 0.5) is 0 Å². The molecular weight excluding hydrogens is 376 g/mol. The number of hydrogen-bond donors (Lipinski definition) is 2. The number of nitrogens with zero attached hydrogens (tertiary/aromatic N) is 4. The molecule has 0 aliphatic carbocycles. The number of piperidine rings is 1. The number of para-hydroxylation sites is 1. The molecule has 7 nitrogen and oxygen atoms in total. The quantitative estimate of drug-likeness (QED) is 0.465. The van der Waals surface area contributed by atoms with Gasteiger partial charge in [0.25, 0.3) is 0 Å². The minimum atomic E-state index is 0.206. The molecule has 0 spiro atoms. The number of guanidine groups is 1. The molecule has 1 atom stereocenters. The monoisotopic (exact) mass is 406 g/mol. The van der Waals surface area contributed by atoms with E-state index in [1.165, 1.54) is 24.8 Å². The van der Waals surface area contributed by atoms with Gasteiger partial charge in [0, 0.05) is 32.5 Å². The van der Waals surface area contributed by atoms with Gasteiger partial charge < -0.3 is 19.6 Å². The highest BCUT2D eigenvalue weighted by atomic mass is 16.3. The molecule has 0 radical (unpaired) electrons. The highest BCUT2D eigenvalue weighted by molar-refractivity contribution is 5.79. The predicted octanol–water partition coefficient (Wildman–Crippen LogP) is 3.36. The van der Waals surface area contributed by atoms with Gasteiger partial charge in [0.1, 0.15) is 5.76 Å². The molecule has 1 aromatic carbocycles. The average molecular weight is 407 g/mol. The van der Waals surface area contributed by atoms with Gasteiger partial charge in [0.05, 0.1) is 24.3 Å². The Labute approximate surface area is 177 Å². The van der Waals surface area contributed by atoms with E-state index in [2.05, 4.69) is 49.8 Å². The van der Waals surface area contributed by atoms with E-state index in [1.807, 2.05) is 29.2 Å². The van der Waals surface area contributed by atoms with Crippen molar-refractivity contribution in [1.29, 1.82) is 0 Å². The van der Waals surface area contributed by atoms with Gasteiger partial charge in [-0.05, 0) is 49.7 Å². The van der Waals surface area contributed by atoms with E-state index in [9.17, 15) is 0 Å². The van der Waals surface area contributed by atoms with Gasteiger partial charge in [-0.25, -0.2) is 4.98 Å². The molecule has 2 aromatic heterocycles. The first kappa shape index (κ1) is 20.2. The molecule has 4 rings (SSSR count). The summed E-state index contributed by atoms with van der Waals surface area (Å²) in [6.45, 7) is 3.63. The topological polar surface area (TPSA) is 70.6 Å². The summed E-state index contributed by atoms with van der Waals surface area (Å²) < 4.78 is 7.77. The fourth-order valence-electron chi connectivity index (χ4n) is 4.03. The van der Waals surface area contributed by atoms with E-state index in [1.54, 1.807) is 19.5 Å². The summed E-state index contributed by atoms with van der Waals surface area (Å²) in [6, 6.07) is 12.5. The summed E-state index contributed by atoms with van der Waals surface area (Å²) in [7, 11) is 1.81. The van der Waals surface area contributed by atoms with Crippen molar-refractivity contribution in [2.45, 2.75) is 31.8 Å². The second-order valence-electron chi connectivity index (χ2n) is 7.53. The van der Waals surface area contributed by atoms with Crippen LogP contribution >= 0.6 is 0 Å². The Morgan fingerprint density at radius 3 is 2.73 bits per heavy atom. The summed E-state index contributed by atoms with van der Waals surface area (Å²) in [5.41, 5.74) is 2.29. The zero-order valence-corrected chi connectivity index (χ0v) is 17.5. The molecular formula is C23H30N6O. The van der Waals surface area contributed by atoms with Crippen molar-refractivity contribution in [2.75, 3.05) is 26.7 Å². The number of likely N-dealkylation sites (tertiary alicyclic amines) is 1. The Morgan fingerprint density at radius 2 is 2.00 bits per heavy atom. The Hall–Kier alpha value is -3.06. The van der Waals surface area contributed by atoms with Crippen molar-refractivity contribution in [3.63, 3.8) is 0 Å². The van der Waals surface area contributed by atoms with Crippen LogP contribution in [0.2, 0.25) is 0 Å². The third-order valence-corrected chi connectivity index (χ3v) is 5.61. The fourth-order valence-corrected chi connectivity index (χ4v) is 4.03. The third-order valence-electron chi connectivity index (χ3n) is 5.61. The van der Waals surface area contributed by atoms with Gasteiger partial charge in [-0.15, -0.1) is 0 Å². The van der Waals surface area contributed by atoms with E-state index >= 15 is 0 Å². The molecule has 30 heavy (non-hydrogen) atoms. The Kier molecular flexibility index (Phi) is 6.82. The zero-order chi connectivity index (χ0) is 20.6. The second kappa shape index (κ2) is 10.1. The highest BCUT2D eigenvalue weighted by Crippen LogP contribution is 2.24. The van der Waals surface area contributed by atoms with Gasteiger partial charge in [-0.1, -0.05) is 24.6 Å². The van der Waals surface area contributed by atoms with Crippen LogP contribution in [0.3, 0.4) is 0 Å². The van der Waals surface area contributed by atoms with Crippen LogP contribution in [0.15, 0.2) is 70.8 Å². The highest BCUT2D eigenvalue weighted by Gasteiger charge is 2.24. The number of rotatable bonds is 7. The van der Waals surface area contributed by atoms with Crippen LogP contribution in [0.5, 0.6) is 0 Å². The first-order valence-corrected chi connectivity index (χ1v) is 10.6. The van der Waals surface area contributed by atoms with Crippen molar-refractivity contribution in [3.8, 4) is 5.69 Å². The van der Waals surface area contributed by atoms with Gasteiger partial charge in [0.15, 0.2) is 5.96 Å². The van der Waals surface area contributed by atoms with Crippen molar-refractivity contribution >= 4 is 5.96 Å². The van der Waals surface area contributed by atoms with Gasteiger partial charge >= 0.3 is 0 Å². The molecule has 2 N–H and O–H groups in total. The second-order valence-corrected chi connectivity index (χ2v) is 7.53. The molecule has 158 valence electrons. The minimum absolute atomic E-state index is 0.206. The first-order valence-electron chi connectivity index (χ1n) is 10.6. The largest absolute Gasteiger partial charge is 0.468 e. The lowest BCUT2D eigenvalue weighted by Crippen LogP contribution is -2.44. The van der Waals surface area contributed by atoms with Crippen LogP contribution in [-0.2, 0) is 6.54 Å². The van der Waals surface area contributed by atoms with Crippen LogP contribution in [0, 0.1) is 0 Å². The Balaban J connectivity index is 1.39. The van der Waals surface area contributed by atoms with E-state index < -0.39 is 0 Å². The molecule has 3 aromatic rings.